The van der Waals surface area contributed by atoms with E-state index in [1.807, 2.05) is 6.07 Å². The summed E-state index contributed by atoms with van der Waals surface area (Å²) in [5.74, 6) is 0. The summed E-state index contributed by atoms with van der Waals surface area (Å²) in [6, 6.07) is 6.76. The minimum Gasteiger partial charge on any atom is -0.612 e. The fourth-order valence-corrected chi connectivity index (χ4v) is 5.50. The minimum atomic E-state index is -4.73. The van der Waals surface area contributed by atoms with E-state index in [0.29, 0.717) is 10.4 Å². The molecule has 0 unspecified atom stereocenters. The highest BCUT2D eigenvalue weighted by atomic mass is 32.2. The van der Waals surface area contributed by atoms with Crippen LogP contribution in [0.2, 0.25) is 0 Å². The number of allylic oxidation sites excluding steroid dienone is 1. The minimum absolute atomic E-state index is 0.0389. The zero-order chi connectivity index (χ0) is 26.3. The first-order chi connectivity index (χ1) is 16.2. The first-order valence-electron chi connectivity index (χ1n) is 9.68. The van der Waals surface area contributed by atoms with Crippen molar-refractivity contribution in [2.45, 2.75) is 24.0 Å². The summed E-state index contributed by atoms with van der Waals surface area (Å²) in [6.45, 7) is 9.03. The van der Waals surface area contributed by atoms with Gasteiger partial charge in [0.05, 0.1) is 30.0 Å². The van der Waals surface area contributed by atoms with Crippen LogP contribution in [0, 0.1) is 17.9 Å². The van der Waals surface area contributed by atoms with Gasteiger partial charge in [-0.05, 0) is 42.4 Å². The van der Waals surface area contributed by atoms with Gasteiger partial charge in [-0.15, -0.1) is 0 Å². The van der Waals surface area contributed by atoms with Gasteiger partial charge in [0.1, 0.15) is 12.3 Å². The molecule has 2 aromatic rings. The van der Waals surface area contributed by atoms with Crippen molar-refractivity contribution in [2.75, 3.05) is 17.4 Å². The molecule has 0 N–H and O–H groups in total. The highest BCUT2D eigenvalue weighted by Crippen LogP contribution is 2.44. The highest BCUT2D eigenvalue weighted by molar-refractivity contribution is 7.90. The van der Waals surface area contributed by atoms with Crippen LogP contribution in [-0.2, 0) is 27.4 Å². The van der Waals surface area contributed by atoms with Gasteiger partial charge in [-0.25, -0.2) is 22.4 Å². The van der Waals surface area contributed by atoms with Crippen LogP contribution in [0.4, 0.5) is 23.7 Å². The van der Waals surface area contributed by atoms with Crippen LogP contribution < -0.4 is 4.90 Å². The van der Waals surface area contributed by atoms with E-state index in [-0.39, 0.29) is 33.1 Å². The summed E-state index contributed by atoms with van der Waals surface area (Å²) < 4.78 is 78.3. The lowest BCUT2D eigenvalue weighted by molar-refractivity contribution is -0.137. The smallest absolute Gasteiger partial charge is 0.416 e. The van der Waals surface area contributed by atoms with Crippen molar-refractivity contribution in [3.8, 4) is 6.07 Å². The van der Waals surface area contributed by atoms with E-state index >= 15 is 0 Å². The number of amides is 2. The zero-order valence-corrected chi connectivity index (χ0v) is 20.1. The molecular weight excluding hydrogens is 505 g/mol. The van der Waals surface area contributed by atoms with Gasteiger partial charge in [-0.1, -0.05) is 12.1 Å². The molecule has 1 heterocycles. The second-order valence-corrected chi connectivity index (χ2v) is 10.7. The van der Waals surface area contributed by atoms with Crippen molar-refractivity contribution in [3.63, 3.8) is 0 Å². The Balaban J connectivity index is 2.35. The molecule has 0 fully saturated rings. The number of hydrogen-bond acceptors (Lipinski definition) is 5. The molecule has 8 nitrogen and oxygen atoms in total. The molecule has 1 aliphatic heterocycles. The van der Waals surface area contributed by atoms with Crippen LogP contribution >= 0.6 is 0 Å². The Morgan fingerprint density at radius 2 is 1.89 bits per heavy atom. The summed E-state index contributed by atoms with van der Waals surface area (Å²) in [4.78, 5) is 17.7. The Morgan fingerprint density at radius 3 is 2.40 bits per heavy atom. The number of nitrogens with zero attached hydrogens (tertiary/aromatic N) is 4. The standard InChI is InChI=1S/C22H17F3N4O4S2/c1-13-19(27-2)20(17-9-8-14(12-26)10-18(17)34(3)31)29(35(4,32)33)21(30)28(13)16-7-5-6-15(11-16)22(23,24)25/h5-11,20H,1,3-4H3/t20-,34-/m1/s1. The average molecular weight is 523 g/mol. The van der Waals surface area contributed by atoms with E-state index in [0.717, 1.165) is 23.3 Å². The van der Waals surface area contributed by atoms with Gasteiger partial charge in [0, 0.05) is 23.0 Å². The molecule has 3 rings (SSSR count). The molecular formula is C22H17F3N4O4S2. The summed E-state index contributed by atoms with van der Waals surface area (Å²) in [6.07, 6.45) is -2.72. The van der Waals surface area contributed by atoms with Crippen LogP contribution in [0.1, 0.15) is 29.7 Å². The lowest BCUT2D eigenvalue weighted by atomic mass is 9.98. The van der Waals surface area contributed by atoms with Crippen molar-refractivity contribution in [2.24, 2.45) is 0 Å². The molecule has 2 aromatic carbocycles. The first kappa shape index (κ1) is 26.1. The van der Waals surface area contributed by atoms with Gasteiger partial charge in [-0.2, -0.15) is 18.4 Å². The third-order valence-electron chi connectivity index (χ3n) is 5.24. The summed E-state index contributed by atoms with van der Waals surface area (Å²) in [7, 11) is -4.40. The Hall–Kier alpha value is -3.52. The fourth-order valence-electron chi connectivity index (χ4n) is 3.73. The highest BCUT2D eigenvalue weighted by Gasteiger charge is 2.47. The predicted octanol–water partition coefficient (Wildman–Crippen LogP) is 4.41. The maximum Gasteiger partial charge on any atom is 0.416 e. The number of rotatable bonds is 4. The Labute approximate surface area is 202 Å². The van der Waals surface area contributed by atoms with Crippen LogP contribution in [0.25, 0.3) is 4.85 Å². The van der Waals surface area contributed by atoms with Gasteiger partial charge in [-0.3, -0.25) is 4.90 Å². The van der Waals surface area contributed by atoms with E-state index in [1.165, 1.54) is 37.4 Å². The van der Waals surface area contributed by atoms with Crippen LogP contribution in [0.15, 0.2) is 58.8 Å². The molecule has 0 aliphatic carbocycles. The maximum atomic E-state index is 13.5. The third kappa shape index (κ3) is 4.84. The number of halogens is 3. The van der Waals surface area contributed by atoms with Crippen LogP contribution in [0.3, 0.4) is 0 Å². The van der Waals surface area contributed by atoms with Crippen molar-refractivity contribution < 1.29 is 30.9 Å². The predicted molar refractivity (Wildman–Crippen MR) is 122 cm³/mol. The molecule has 13 heteroatoms. The largest absolute Gasteiger partial charge is 0.612 e. The van der Waals surface area contributed by atoms with E-state index in [2.05, 4.69) is 4.85 Å². The second-order valence-electron chi connectivity index (χ2n) is 7.53. The van der Waals surface area contributed by atoms with Gasteiger partial charge in [0.15, 0.2) is 4.90 Å². The SMILES string of the molecule is [C-]#[N+]C1=C(C)N(c2cccc(C(F)(F)F)c2)C(=O)N(S(C)(=O)=O)[C@@H]1c1ccc(C#N)cc1[S@@+](C)[O-]. The fraction of sp³-hybridized carbons (Fsp3) is 0.227. The lowest BCUT2D eigenvalue weighted by Crippen LogP contribution is -2.51. The van der Waals surface area contributed by atoms with Crippen LogP contribution in [0.5, 0.6) is 0 Å². The van der Waals surface area contributed by atoms with E-state index in [1.54, 1.807) is 0 Å². The Bertz CT molecular complexity index is 1420. The average Bonchev–Trinajstić information content (AvgIpc) is 2.77. The number of nitriles is 1. The topological polar surface area (TPSA) is 109 Å². The normalized spacial score (nSPS) is 17.7. The number of urea groups is 1. The number of sulfonamides is 1. The van der Waals surface area contributed by atoms with Crippen molar-refractivity contribution in [3.05, 3.63) is 82.0 Å². The number of anilines is 1. The monoisotopic (exact) mass is 522 g/mol. The molecule has 0 saturated heterocycles. The van der Waals surface area contributed by atoms with Gasteiger partial charge < -0.3 is 4.55 Å². The molecule has 182 valence electrons. The lowest BCUT2D eigenvalue weighted by Gasteiger charge is -2.40. The number of hydrogen-bond donors (Lipinski definition) is 0. The first-order valence-corrected chi connectivity index (χ1v) is 13.1. The third-order valence-corrected chi connectivity index (χ3v) is 7.29. The second kappa shape index (κ2) is 9.26. The van der Waals surface area contributed by atoms with Crippen molar-refractivity contribution in [1.82, 2.24) is 4.31 Å². The number of alkyl halides is 3. The van der Waals surface area contributed by atoms with Gasteiger partial charge in [0.25, 0.3) is 0 Å². The van der Waals surface area contributed by atoms with E-state index in [9.17, 15) is 36.2 Å². The molecule has 0 spiro atoms. The quantitative estimate of drug-likeness (QED) is 0.437. The zero-order valence-electron chi connectivity index (χ0n) is 18.5. The van der Waals surface area contributed by atoms with Crippen LogP contribution in [-0.4, -0.2) is 35.8 Å². The summed E-state index contributed by atoms with van der Waals surface area (Å²) in [5, 5.41) is 9.20. The van der Waals surface area contributed by atoms with Crippen molar-refractivity contribution in [1.29, 1.82) is 5.26 Å². The maximum absolute atomic E-state index is 13.5. The Kier molecular flexibility index (Phi) is 6.90. The number of carbonyl (C=O) groups excluding carboxylic acids is 1. The van der Waals surface area contributed by atoms with Gasteiger partial charge >= 0.3 is 12.2 Å². The molecule has 1 aliphatic rings. The van der Waals surface area contributed by atoms with E-state index in [4.69, 9.17) is 6.57 Å². The molecule has 0 radical (unpaired) electrons. The molecule has 35 heavy (non-hydrogen) atoms. The van der Waals surface area contributed by atoms with E-state index < -0.39 is 45.0 Å². The Morgan fingerprint density at radius 1 is 1.23 bits per heavy atom. The molecule has 2 amide bonds. The summed E-state index contributed by atoms with van der Waals surface area (Å²) in [5.41, 5.74) is -1.55. The van der Waals surface area contributed by atoms with Crippen molar-refractivity contribution >= 4 is 32.9 Å². The molecule has 0 saturated carbocycles. The summed E-state index contributed by atoms with van der Waals surface area (Å²) >= 11 is -1.74. The molecule has 0 bridgehead atoms. The molecule has 0 aromatic heterocycles. The van der Waals surface area contributed by atoms with Gasteiger partial charge in [0.2, 0.25) is 15.7 Å². The number of benzene rings is 2. The number of carbonyl (C=O) groups is 1. The molecule has 2 atom stereocenters.